The second-order valence-electron chi connectivity index (χ2n) is 15.4. The lowest BCUT2D eigenvalue weighted by atomic mass is 9.48. The Morgan fingerprint density at radius 1 is 0.980 bits per heavy atom. The molecule has 0 spiro atoms. The van der Waals surface area contributed by atoms with E-state index >= 15 is 0 Å². The Morgan fingerprint density at radius 2 is 1.65 bits per heavy atom. The summed E-state index contributed by atoms with van der Waals surface area (Å²) in [5, 5.41) is 3.82. The van der Waals surface area contributed by atoms with Gasteiger partial charge in [0.2, 0.25) is 0 Å². The molecule has 3 atom stereocenters. The van der Waals surface area contributed by atoms with Gasteiger partial charge in [0.25, 0.3) is 5.56 Å². The summed E-state index contributed by atoms with van der Waals surface area (Å²) >= 11 is 0. The Balaban J connectivity index is 1.26. The van der Waals surface area contributed by atoms with Crippen molar-refractivity contribution < 1.29 is 40.8 Å². The molecule has 6 fully saturated rings. The van der Waals surface area contributed by atoms with Crippen LogP contribution in [0.3, 0.4) is 0 Å². The number of ketones is 1. The summed E-state index contributed by atoms with van der Waals surface area (Å²) in [6, 6.07) is 4.02. The molecule has 51 heavy (non-hydrogen) atoms. The standard InChI is InChI=1S/C34H38F6N6O5/c1-42-27-26(28(48)45(31(42)50)17-25(47)32-11-19-7-20(12-32)9-21(8-19)13-32)44(16-18-3-2-4-23(10-18)33(35,36)37)30(46(27)51-29(49)34(38,39)40)43-6-5-22-14-41-15-24(22)43/h2-4,10,19-22,24,30,41H,5-9,11-17H2,1H3. The first-order valence-electron chi connectivity index (χ1n) is 17.4. The summed E-state index contributed by atoms with van der Waals surface area (Å²) in [6.45, 7) is 0.321. The lowest BCUT2D eigenvalue weighted by Crippen LogP contribution is -2.59. The molecule has 17 heteroatoms. The van der Waals surface area contributed by atoms with Crippen molar-refractivity contribution in [3.05, 3.63) is 56.2 Å². The van der Waals surface area contributed by atoms with E-state index in [2.05, 4.69) is 5.32 Å². The SMILES string of the molecule is Cn1c2c(c(=O)n(CC(=O)C34CC5CC(CC(C5)C3)C4)c1=O)N(Cc1cccc(C(F)(F)F)c1)C(N1CCC3CNCC31)N2OC(=O)C(F)(F)F. The summed E-state index contributed by atoms with van der Waals surface area (Å²) < 4.78 is 84.3. The summed E-state index contributed by atoms with van der Waals surface area (Å²) in [7, 11) is 1.20. The van der Waals surface area contributed by atoms with Crippen LogP contribution in [0.25, 0.3) is 0 Å². The molecule has 4 bridgehead atoms. The zero-order valence-corrected chi connectivity index (χ0v) is 27.8. The van der Waals surface area contributed by atoms with Crippen LogP contribution < -0.4 is 26.5 Å². The minimum absolute atomic E-state index is 0.0580. The second-order valence-corrected chi connectivity index (χ2v) is 15.4. The third kappa shape index (κ3) is 5.65. The van der Waals surface area contributed by atoms with E-state index in [1.165, 1.54) is 24.1 Å². The molecule has 1 N–H and O–H groups in total. The zero-order valence-electron chi connectivity index (χ0n) is 27.8. The van der Waals surface area contributed by atoms with Gasteiger partial charge in [0, 0.05) is 38.1 Å². The summed E-state index contributed by atoms with van der Waals surface area (Å²) in [5.74, 6) is -2.07. The number of hydrogen-bond donors (Lipinski definition) is 1. The number of benzene rings is 1. The van der Waals surface area contributed by atoms with Gasteiger partial charge < -0.3 is 15.1 Å². The van der Waals surface area contributed by atoms with Crippen LogP contribution in [0.5, 0.6) is 0 Å². The fourth-order valence-electron chi connectivity index (χ4n) is 10.4. The zero-order chi connectivity index (χ0) is 36.2. The first-order chi connectivity index (χ1) is 24.0. The van der Waals surface area contributed by atoms with Crippen LogP contribution in [-0.2, 0) is 40.7 Å². The number of nitrogens with one attached hydrogen (secondary N) is 1. The van der Waals surface area contributed by atoms with Gasteiger partial charge in [-0.15, -0.1) is 5.06 Å². The van der Waals surface area contributed by atoms with E-state index in [-0.39, 0.29) is 29.0 Å². The number of carbonyl (C=O) groups is 2. The third-order valence-corrected chi connectivity index (χ3v) is 12.2. The smallest absolute Gasteiger partial charge is 0.327 e. The van der Waals surface area contributed by atoms with E-state index in [9.17, 15) is 45.5 Å². The molecule has 1 aromatic heterocycles. The Hall–Kier alpha value is -3.86. The molecule has 3 unspecified atom stereocenters. The summed E-state index contributed by atoms with van der Waals surface area (Å²) in [6.07, 6.45) is -5.82. The monoisotopic (exact) mass is 724 g/mol. The molecule has 0 amide bonds. The highest BCUT2D eigenvalue weighted by Crippen LogP contribution is 2.60. The Morgan fingerprint density at radius 3 is 2.27 bits per heavy atom. The van der Waals surface area contributed by atoms with E-state index in [1.807, 2.05) is 0 Å². The number of rotatable bonds is 7. The van der Waals surface area contributed by atoms with Crippen molar-refractivity contribution in [3.63, 3.8) is 0 Å². The Labute approximate surface area is 288 Å². The van der Waals surface area contributed by atoms with Gasteiger partial charge in [-0.1, -0.05) is 12.1 Å². The number of likely N-dealkylation sites (tertiary alicyclic amines) is 1. The van der Waals surface area contributed by atoms with Crippen LogP contribution in [0.2, 0.25) is 0 Å². The average Bonchev–Trinajstić information content (AvgIpc) is 3.75. The number of alkyl halides is 6. The number of carbonyl (C=O) groups excluding carboxylic acids is 2. The fraction of sp³-hybridized carbons (Fsp3) is 0.647. The van der Waals surface area contributed by atoms with E-state index in [4.69, 9.17) is 4.84 Å². The van der Waals surface area contributed by atoms with E-state index < -0.39 is 65.7 Å². The van der Waals surface area contributed by atoms with E-state index in [1.54, 1.807) is 4.90 Å². The molecule has 4 aliphatic carbocycles. The Kier molecular flexibility index (Phi) is 7.94. The lowest BCUT2D eigenvalue weighted by molar-refractivity contribution is -0.203. The molecule has 7 aliphatic rings. The molecule has 4 heterocycles. The van der Waals surface area contributed by atoms with Gasteiger partial charge in [-0.05, 0) is 92.9 Å². The van der Waals surface area contributed by atoms with Gasteiger partial charge in [0.05, 0.1) is 12.1 Å². The van der Waals surface area contributed by atoms with Gasteiger partial charge in [-0.2, -0.15) is 26.3 Å². The number of hydroxylamine groups is 1. The minimum atomic E-state index is -5.46. The maximum absolute atomic E-state index is 14.6. The van der Waals surface area contributed by atoms with Crippen molar-refractivity contribution in [1.82, 2.24) is 19.4 Å². The van der Waals surface area contributed by atoms with Crippen molar-refractivity contribution in [2.24, 2.45) is 36.1 Å². The molecule has 276 valence electrons. The highest BCUT2D eigenvalue weighted by molar-refractivity contribution is 5.85. The van der Waals surface area contributed by atoms with Crippen LogP contribution >= 0.6 is 0 Å². The highest BCUT2D eigenvalue weighted by Gasteiger charge is 2.56. The molecule has 0 radical (unpaired) electrons. The van der Waals surface area contributed by atoms with Crippen molar-refractivity contribution in [3.8, 4) is 0 Å². The topological polar surface area (TPSA) is 109 Å². The van der Waals surface area contributed by atoms with Crippen LogP contribution in [0, 0.1) is 29.1 Å². The maximum atomic E-state index is 14.6. The van der Waals surface area contributed by atoms with Crippen molar-refractivity contribution in [1.29, 1.82) is 0 Å². The number of fused-ring (bicyclic) bond motifs is 2. The second kappa shape index (κ2) is 11.8. The molecule has 11 nitrogen and oxygen atoms in total. The van der Waals surface area contributed by atoms with Gasteiger partial charge in [-0.3, -0.25) is 23.6 Å². The maximum Gasteiger partial charge on any atom is 0.493 e. The lowest BCUT2D eigenvalue weighted by Gasteiger charge is -2.56. The van der Waals surface area contributed by atoms with Crippen LogP contribution in [0.15, 0.2) is 33.9 Å². The molecule has 1 aromatic carbocycles. The predicted octanol–water partition coefficient (Wildman–Crippen LogP) is 3.78. The minimum Gasteiger partial charge on any atom is -0.327 e. The van der Waals surface area contributed by atoms with Gasteiger partial charge in [-0.25, -0.2) is 9.59 Å². The number of Topliss-reactive ketones (excluding diaryl/α,β-unsaturated/α-hetero) is 1. The van der Waals surface area contributed by atoms with E-state index in [0.717, 1.165) is 40.5 Å². The number of aromatic nitrogens is 2. The molecule has 2 aromatic rings. The van der Waals surface area contributed by atoms with Gasteiger partial charge in [0.1, 0.15) is 0 Å². The highest BCUT2D eigenvalue weighted by atomic mass is 19.4. The molecule has 9 rings (SSSR count). The van der Waals surface area contributed by atoms with Crippen LogP contribution in [-0.4, -0.2) is 63.9 Å². The number of hydrogen-bond acceptors (Lipinski definition) is 9. The number of anilines is 2. The quantitative estimate of drug-likeness (QED) is 0.427. The normalized spacial score (nSPS) is 31.4. The van der Waals surface area contributed by atoms with Crippen LogP contribution in [0.1, 0.15) is 56.1 Å². The molecule has 3 aliphatic heterocycles. The van der Waals surface area contributed by atoms with Crippen LogP contribution in [0.4, 0.5) is 37.8 Å². The largest absolute Gasteiger partial charge is 0.493 e. The fourth-order valence-corrected chi connectivity index (χ4v) is 10.4. The van der Waals surface area contributed by atoms with Crippen molar-refractivity contribution in [2.75, 3.05) is 29.6 Å². The third-order valence-electron chi connectivity index (χ3n) is 12.2. The molecule has 2 saturated heterocycles. The number of halogens is 6. The summed E-state index contributed by atoms with van der Waals surface area (Å²) in [5.41, 5.74) is -3.94. The predicted molar refractivity (Wildman–Crippen MR) is 169 cm³/mol. The Bertz CT molecular complexity index is 1850. The van der Waals surface area contributed by atoms with Gasteiger partial charge >= 0.3 is 24.0 Å². The summed E-state index contributed by atoms with van der Waals surface area (Å²) in [4.78, 5) is 63.2. The van der Waals surface area contributed by atoms with Crippen molar-refractivity contribution >= 4 is 23.3 Å². The molecule has 4 saturated carbocycles. The number of nitrogens with zero attached hydrogens (tertiary/aromatic N) is 5. The molecular formula is C34H38F6N6O5. The average molecular weight is 725 g/mol. The molecular weight excluding hydrogens is 686 g/mol. The first-order valence-corrected chi connectivity index (χ1v) is 17.4. The van der Waals surface area contributed by atoms with E-state index in [0.29, 0.717) is 68.1 Å². The first kappa shape index (κ1) is 34.2. The van der Waals surface area contributed by atoms with Crippen molar-refractivity contribution in [2.45, 2.75) is 82.7 Å². The van der Waals surface area contributed by atoms with Gasteiger partial charge in [0.15, 0.2) is 23.6 Å².